The number of nitrogens with two attached hydrogens (primary N) is 1. The third-order valence-corrected chi connectivity index (χ3v) is 4.36. The summed E-state index contributed by atoms with van der Waals surface area (Å²) < 4.78 is 0. The molecule has 0 spiro atoms. The van der Waals surface area contributed by atoms with Crippen LogP contribution >= 0.6 is 24.0 Å². The van der Waals surface area contributed by atoms with Crippen molar-refractivity contribution in [2.24, 2.45) is 5.73 Å². The monoisotopic (exact) mass is 378 g/mol. The summed E-state index contributed by atoms with van der Waals surface area (Å²) in [5, 5.41) is 10.2. The summed E-state index contributed by atoms with van der Waals surface area (Å²) in [6.07, 6.45) is 3.46. The normalized spacial score (nSPS) is 11.2. The first-order valence-electron chi connectivity index (χ1n) is 7.62. The van der Waals surface area contributed by atoms with E-state index < -0.39 is 0 Å². The van der Waals surface area contributed by atoms with Crippen molar-refractivity contribution in [2.75, 3.05) is 6.54 Å². The Bertz CT molecular complexity index is 863. The second kappa shape index (κ2) is 7.44. The molecule has 0 aliphatic carbocycles. The highest BCUT2D eigenvalue weighted by atomic mass is 35.5. The fraction of sp³-hybridized carbons (Fsp3) is 0.222. The molecule has 0 saturated carbocycles. The van der Waals surface area contributed by atoms with Gasteiger partial charge in [-0.1, -0.05) is 31.5 Å². The fourth-order valence-corrected chi connectivity index (χ4v) is 2.50. The summed E-state index contributed by atoms with van der Waals surface area (Å²) >= 11 is 5.92. The molecule has 0 atom stereocenters. The van der Waals surface area contributed by atoms with Gasteiger partial charge in [0, 0.05) is 35.5 Å². The molecule has 25 heavy (non-hydrogen) atoms. The van der Waals surface area contributed by atoms with E-state index in [0.717, 1.165) is 28.3 Å². The number of pyridine rings is 1. The van der Waals surface area contributed by atoms with Gasteiger partial charge >= 0.3 is 0 Å². The van der Waals surface area contributed by atoms with Crippen LogP contribution in [0, 0.1) is 0 Å². The fourth-order valence-electron chi connectivity index (χ4n) is 2.39. The maximum Gasteiger partial charge on any atom is 0.134 e. The van der Waals surface area contributed by atoms with Gasteiger partial charge in [0.2, 0.25) is 0 Å². The van der Waals surface area contributed by atoms with Crippen molar-refractivity contribution in [1.82, 2.24) is 15.0 Å². The Hall–Kier alpha value is -2.08. The molecule has 5 nitrogen and oxygen atoms in total. The van der Waals surface area contributed by atoms with Crippen LogP contribution in [0.4, 0.5) is 0 Å². The predicted octanol–water partition coefficient (Wildman–Crippen LogP) is 4.16. The summed E-state index contributed by atoms with van der Waals surface area (Å²) in [6, 6.07) is 8.92. The standard InChI is InChI=1S/C18H19ClN4O.ClH/c1-18(2,10-20)17-22-15(11-5-7-21-8-6-11)16(23-17)12-3-4-13(19)14(24)9-12;/h3-9,24H,10,20H2,1-2H3,(H,22,23);1H. The van der Waals surface area contributed by atoms with E-state index in [1.165, 1.54) is 0 Å². The molecule has 0 amide bonds. The van der Waals surface area contributed by atoms with Gasteiger partial charge in [-0.25, -0.2) is 4.98 Å². The van der Waals surface area contributed by atoms with Crippen molar-refractivity contribution in [3.8, 4) is 28.3 Å². The Kier molecular flexibility index (Phi) is 5.72. The van der Waals surface area contributed by atoms with E-state index >= 15 is 0 Å². The minimum absolute atomic E-state index is 0. The summed E-state index contributed by atoms with van der Waals surface area (Å²) in [7, 11) is 0. The molecule has 2 heterocycles. The number of aromatic hydroxyl groups is 1. The number of aromatic amines is 1. The second-order valence-corrected chi connectivity index (χ2v) is 6.71. The lowest BCUT2D eigenvalue weighted by atomic mass is 9.93. The Labute approximate surface area is 157 Å². The van der Waals surface area contributed by atoms with Gasteiger partial charge in [-0.3, -0.25) is 4.98 Å². The van der Waals surface area contributed by atoms with Crippen LogP contribution in [0.3, 0.4) is 0 Å². The molecule has 0 saturated heterocycles. The number of imidazole rings is 1. The van der Waals surface area contributed by atoms with E-state index in [2.05, 4.69) is 9.97 Å². The van der Waals surface area contributed by atoms with Crippen LogP contribution in [0.15, 0.2) is 42.7 Å². The zero-order valence-corrected chi connectivity index (χ0v) is 15.5. The molecule has 0 bridgehead atoms. The lowest BCUT2D eigenvalue weighted by molar-refractivity contribution is 0.476. The van der Waals surface area contributed by atoms with Crippen LogP contribution in [0.25, 0.3) is 22.5 Å². The smallest absolute Gasteiger partial charge is 0.134 e. The number of phenolic OH excluding ortho intramolecular Hbond substituents is 1. The van der Waals surface area contributed by atoms with Crippen molar-refractivity contribution in [3.63, 3.8) is 0 Å². The van der Waals surface area contributed by atoms with Crippen LogP contribution in [-0.2, 0) is 5.41 Å². The van der Waals surface area contributed by atoms with E-state index in [1.54, 1.807) is 24.5 Å². The van der Waals surface area contributed by atoms with Crippen LogP contribution in [-0.4, -0.2) is 26.6 Å². The number of halogens is 2. The van der Waals surface area contributed by atoms with Crippen molar-refractivity contribution < 1.29 is 5.11 Å². The largest absolute Gasteiger partial charge is 0.506 e. The molecule has 0 unspecified atom stereocenters. The van der Waals surface area contributed by atoms with Gasteiger partial charge in [0.25, 0.3) is 0 Å². The number of hydrogen-bond donors (Lipinski definition) is 3. The van der Waals surface area contributed by atoms with E-state index in [9.17, 15) is 5.11 Å². The number of aromatic nitrogens is 3. The maximum absolute atomic E-state index is 9.94. The summed E-state index contributed by atoms with van der Waals surface area (Å²) in [4.78, 5) is 12.2. The van der Waals surface area contributed by atoms with E-state index in [-0.39, 0.29) is 23.6 Å². The van der Waals surface area contributed by atoms with E-state index in [4.69, 9.17) is 22.3 Å². The topological polar surface area (TPSA) is 87.8 Å². The zero-order valence-electron chi connectivity index (χ0n) is 14.0. The molecular weight excluding hydrogens is 359 g/mol. The first-order valence-corrected chi connectivity index (χ1v) is 8.00. The molecule has 4 N–H and O–H groups in total. The summed E-state index contributed by atoms with van der Waals surface area (Å²) in [5.74, 6) is 0.818. The number of rotatable bonds is 4. The number of nitrogens with zero attached hydrogens (tertiary/aromatic N) is 2. The highest BCUT2D eigenvalue weighted by Crippen LogP contribution is 2.36. The average Bonchev–Trinajstić information content (AvgIpc) is 3.04. The van der Waals surface area contributed by atoms with Gasteiger partial charge in [-0.2, -0.15) is 0 Å². The molecule has 7 heteroatoms. The van der Waals surface area contributed by atoms with Gasteiger partial charge in [0.05, 0.1) is 16.4 Å². The van der Waals surface area contributed by atoms with Crippen molar-refractivity contribution >= 4 is 24.0 Å². The first kappa shape index (κ1) is 19.2. The minimum atomic E-state index is -0.297. The van der Waals surface area contributed by atoms with Crippen molar-refractivity contribution in [1.29, 1.82) is 0 Å². The number of nitrogens with one attached hydrogen (secondary N) is 1. The highest BCUT2D eigenvalue weighted by Gasteiger charge is 2.25. The number of benzene rings is 1. The average molecular weight is 379 g/mol. The number of phenols is 1. The lowest BCUT2D eigenvalue weighted by Gasteiger charge is -2.18. The Morgan fingerprint density at radius 1 is 1.16 bits per heavy atom. The molecule has 0 radical (unpaired) electrons. The quantitative estimate of drug-likeness (QED) is 0.635. The van der Waals surface area contributed by atoms with Crippen LogP contribution < -0.4 is 5.73 Å². The summed E-state index contributed by atoms with van der Waals surface area (Å²) in [5.41, 5.74) is 8.93. The lowest BCUT2D eigenvalue weighted by Crippen LogP contribution is -2.29. The predicted molar refractivity (Wildman–Crippen MR) is 103 cm³/mol. The zero-order chi connectivity index (χ0) is 17.3. The Morgan fingerprint density at radius 2 is 1.84 bits per heavy atom. The van der Waals surface area contributed by atoms with Gasteiger partial charge in [-0.05, 0) is 24.3 Å². The summed E-state index contributed by atoms with van der Waals surface area (Å²) in [6.45, 7) is 4.53. The number of hydrogen-bond acceptors (Lipinski definition) is 4. The van der Waals surface area contributed by atoms with Crippen LogP contribution in [0.5, 0.6) is 5.75 Å². The molecule has 3 rings (SSSR count). The molecule has 132 valence electrons. The van der Waals surface area contributed by atoms with Crippen molar-refractivity contribution in [3.05, 3.63) is 53.6 Å². The molecule has 3 aromatic rings. The molecule has 2 aromatic heterocycles. The van der Waals surface area contributed by atoms with Gasteiger partial charge in [0.15, 0.2) is 0 Å². The molecule has 0 aliphatic heterocycles. The van der Waals surface area contributed by atoms with Crippen LogP contribution in [0.2, 0.25) is 5.02 Å². The molecular formula is C18H20Cl2N4O. The second-order valence-electron chi connectivity index (χ2n) is 6.30. The SMILES string of the molecule is CC(C)(CN)c1nc(-c2ccc(Cl)c(O)c2)c(-c2ccncc2)[nH]1.Cl. The maximum atomic E-state index is 9.94. The van der Waals surface area contributed by atoms with Gasteiger partial charge in [0.1, 0.15) is 11.6 Å². The Morgan fingerprint density at radius 3 is 2.44 bits per heavy atom. The van der Waals surface area contributed by atoms with Crippen molar-refractivity contribution in [2.45, 2.75) is 19.3 Å². The number of H-pyrrole nitrogens is 1. The van der Waals surface area contributed by atoms with E-state index in [0.29, 0.717) is 11.6 Å². The Balaban J connectivity index is 0.00000225. The first-order chi connectivity index (χ1) is 11.4. The molecule has 0 aliphatic rings. The van der Waals surface area contributed by atoms with Gasteiger partial charge < -0.3 is 15.8 Å². The molecule has 0 fully saturated rings. The van der Waals surface area contributed by atoms with Gasteiger partial charge in [-0.15, -0.1) is 12.4 Å². The van der Waals surface area contributed by atoms with Crippen LogP contribution in [0.1, 0.15) is 19.7 Å². The minimum Gasteiger partial charge on any atom is -0.506 e. The van der Waals surface area contributed by atoms with E-state index in [1.807, 2.05) is 32.0 Å². The third-order valence-electron chi connectivity index (χ3n) is 4.04. The highest BCUT2D eigenvalue weighted by molar-refractivity contribution is 6.32. The third kappa shape index (κ3) is 3.79. The molecule has 1 aromatic carbocycles.